The molecule has 1 unspecified atom stereocenters. The van der Waals surface area contributed by atoms with E-state index in [-0.39, 0.29) is 0 Å². The lowest BCUT2D eigenvalue weighted by atomic mass is 10.0. The average molecular weight is 149 g/mol. The lowest BCUT2D eigenvalue weighted by Gasteiger charge is -2.02. The zero-order valence-corrected chi connectivity index (χ0v) is 6.34. The van der Waals surface area contributed by atoms with Gasteiger partial charge in [0, 0.05) is 25.2 Å². The van der Waals surface area contributed by atoms with Gasteiger partial charge in [0.2, 0.25) is 0 Å². The number of ketones is 1. The number of hydrogen-bond acceptors (Lipinski definition) is 1. The van der Waals surface area contributed by atoms with E-state index >= 15 is 0 Å². The third-order valence-corrected chi connectivity index (χ3v) is 2.34. The topological polar surface area (TPSA) is 32.9 Å². The molecule has 1 heterocycles. The Morgan fingerprint density at radius 3 is 3.00 bits per heavy atom. The van der Waals surface area contributed by atoms with Crippen LogP contribution in [0.25, 0.3) is 0 Å². The maximum absolute atomic E-state index is 10.9. The van der Waals surface area contributed by atoms with Crippen LogP contribution in [0.3, 0.4) is 0 Å². The zero-order chi connectivity index (χ0) is 7.68. The standard InChI is InChI=1S/C9H11NO/c11-9-2-1-7(5-9)8-3-4-10-6-8/h3-4,6-7,10H,1-2,5H2. The molecule has 0 saturated heterocycles. The Morgan fingerprint density at radius 1 is 1.55 bits per heavy atom. The molecule has 11 heavy (non-hydrogen) atoms. The first-order valence-electron chi connectivity index (χ1n) is 4.00. The molecule has 1 aromatic rings. The molecule has 2 heteroatoms. The molecular formula is C9H11NO. The molecule has 0 aromatic carbocycles. The molecule has 1 saturated carbocycles. The van der Waals surface area contributed by atoms with Crippen LogP contribution < -0.4 is 0 Å². The van der Waals surface area contributed by atoms with Crippen molar-refractivity contribution in [3.63, 3.8) is 0 Å². The average Bonchev–Trinajstić information content (AvgIpc) is 2.55. The molecule has 0 amide bonds. The van der Waals surface area contributed by atoms with E-state index in [9.17, 15) is 4.79 Å². The number of rotatable bonds is 1. The molecule has 1 aliphatic carbocycles. The van der Waals surface area contributed by atoms with Crippen molar-refractivity contribution < 1.29 is 4.79 Å². The van der Waals surface area contributed by atoms with Gasteiger partial charge in [0.05, 0.1) is 0 Å². The van der Waals surface area contributed by atoms with E-state index < -0.39 is 0 Å². The number of carbonyl (C=O) groups excluding carboxylic acids is 1. The fraction of sp³-hybridized carbons (Fsp3) is 0.444. The fourth-order valence-corrected chi connectivity index (χ4v) is 1.69. The van der Waals surface area contributed by atoms with Gasteiger partial charge in [-0.25, -0.2) is 0 Å². The molecule has 0 aliphatic heterocycles. The van der Waals surface area contributed by atoms with E-state index in [2.05, 4.69) is 11.1 Å². The van der Waals surface area contributed by atoms with Gasteiger partial charge in [0.1, 0.15) is 5.78 Å². The van der Waals surface area contributed by atoms with Gasteiger partial charge in [0.25, 0.3) is 0 Å². The van der Waals surface area contributed by atoms with Crippen LogP contribution >= 0.6 is 0 Å². The van der Waals surface area contributed by atoms with Crippen LogP contribution in [0.15, 0.2) is 18.5 Å². The summed E-state index contributed by atoms with van der Waals surface area (Å²) in [5.41, 5.74) is 1.29. The van der Waals surface area contributed by atoms with E-state index in [1.54, 1.807) is 0 Å². The molecule has 0 spiro atoms. The Morgan fingerprint density at radius 2 is 2.45 bits per heavy atom. The highest BCUT2D eigenvalue weighted by Crippen LogP contribution is 2.31. The number of aromatic amines is 1. The molecule has 2 rings (SSSR count). The number of nitrogens with one attached hydrogen (secondary N) is 1. The first-order valence-corrected chi connectivity index (χ1v) is 4.00. The number of hydrogen-bond donors (Lipinski definition) is 1. The van der Waals surface area contributed by atoms with Crippen LogP contribution in [0.4, 0.5) is 0 Å². The van der Waals surface area contributed by atoms with E-state index in [0.29, 0.717) is 11.7 Å². The predicted molar refractivity (Wildman–Crippen MR) is 42.4 cm³/mol. The summed E-state index contributed by atoms with van der Waals surface area (Å²) < 4.78 is 0. The molecule has 1 aliphatic rings. The van der Waals surface area contributed by atoms with Gasteiger partial charge in [-0.1, -0.05) is 0 Å². The predicted octanol–water partition coefficient (Wildman–Crippen LogP) is 1.85. The third kappa shape index (κ3) is 1.20. The highest BCUT2D eigenvalue weighted by Gasteiger charge is 2.23. The van der Waals surface area contributed by atoms with Gasteiger partial charge < -0.3 is 4.98 Å². The summed E-state index contributed by atoms with van der Waals surface area (Å²) in [5.74, 6) is 0.907. The highest BCUT2D eigenvalue weighted by molar-refractivity contribution is 5.81. The van der Waals surface area contributed by atoms with Gasteiger partial charge in [-0.3, -0.25) is 4.79 Å². The number of H-pyrrole nitrogens is 1. The summed E-state index contributed by atoms with van der Waals surface area (Å²) >= 11 is 0. The van der Waals surface area contributed by atoms with E-state index in [4.69, 9.17) is 0 Å². The Hall–Kier alpha value is -1.05. The summed E-state index contributed by atoms with van der Waals surface area (Å²) in [6.07, 6.45) is 6.46. The van der Waals surface area contributed by atoms with Crippen molar-refractivity contribution in [2.75, 3.05) is 0 Å². The lowest BCUT2D eigenvalue weighted by molar-refractivity contribution is -0.117. The van der Waals surface area contributed by atoms with Crippen LogP contribution in [0.1, 0.15) is 30.7 Å². The Kier molecular flexibility index (Phi) is 1.53. The monoisotopic (exact) mass is 149 g/mol. The number of aromatic nitrogens is 1. The first kappa shape index (κ1) is 6.65. The van der Waals surface area contributed by atoms with Gasteiger partial charge >= 0.3 is 0 Å². The summed E-state index contributed by atoms with van der Waals surface area (Å²) in [4.78, 5) is 13.9. The zero-order valence-electron chi connectivity index (χ0n) is 6.34. The van der Waals surface area contributed by atoms with Crippen molar-refractivity contribution in [2.24, 2.45) is 0 Å². The number of Topliss-reactive ketones (excluding diaryl/α,β-unsaturated/α-hetero) is 1. The van der Waals surface area contributed by atoms with Crippen molar-refractivity contribution >= 4 is 5.78 Å². The quantitative estimate of drug-likeness (QED) is 0.649. The molecular weight excluding hydrogens is 138 g/mol. The lowest BCUT2D eigenvalue weighted by Crippen LogP contribution is -1.91. The van der Waals surface area contributed by atoms with Crippen molar-refractivity contribution in [3.05, 3.63) is 24.0 Å². The van der Waals surface area contributed by atoms with Crippen LogP contribution in [-0.2, 0) is 4.79 Å². The van der Waals surface area contributed by atoms with Gasteiger partial charge in [-0.05, 0) is 24.0 Å². The van der Waals surface area contributed by atoms with Crippen molar-refractivity contribution in [2.45, 2.75) is 25.2 Å². The minimum absolute atomic E-state index is 0.413. The number of carbonyl (C=O) groups is 1. The summed E-state index contributed by atoms with van der Waals surface area (Å²) in [7, 11) is 0. The second-order valence-corrected chi connectivity index (χ2v) is 3.12. The van der Waals surface area contributed by atoms with Crippen molar-refractivity contribution in [3.8, 4) is 0 Å². The largest absolute Gasteiger partial charge is 0.367 e. The first-order chi connectivity index (χ1) is 5.36. The van der Waals surface area contributed by atoms with Gasteiger partial charge in [0.15, 0.2) is 0 Å². The maximum atomic E-state index is 10.9. The minimum atomic E-state index is 0.413. The molecule has 1 N–H and O–H groups in total. The molecule has 0 bridgehead atoms. The molecule has 1 aromatic heterocycles. The Labute approximate surface area is 65.6 Å². The molecule has 2 nitrogen and oxygen atoms in total. The third-order valence-electron chi connectivity index (χ3n) is 2.34. The van der Waals surface area contributed by atoms with E-state index in [0.717, 1.165) is 19.3 Å². The normalized spacial score (nSPS) is 24.4. The van der Waals surface area contributed by atoms with Crippen LogP contribution in [-0.4, -0.2) is 10.8 Å². The van der Waals surface area contributed by atoms with Crippen LogP contribution in [0.5, 0.6) is 0 Å². The smallest absolute Gasteiger partial charge is 0.133 e. The maximum Gasteiger partial charge on any atom is 0.133 e. The summed E-state index contributed by atoms with van der Waals surface area (Å²) in [5, 5.41) is 0. The summed E-state index contributed by atoms with van der Waals surface area (Å²) in [6.45, 7) is 0. The Balaban J connectivity index is 2.13. The highest BCUT2D eigenvalue weighted by atomic mass is 16.1. The van der Waals surface area contributed by atoms with Crippen molar-refractivity contribution in [1.82, 2.24) is 4.98 Å². The Bertz CT molecular complexity index is 251. The molecule has 0 radical (unpaired) electrons. The molecule has 1 atom stereocenters. The van der Waals surface area contributed by atoms with Crippen molar-refractivity contribution in [1.29, 1.82) is 0 Å². The van der Waals surface area contributed by atoms with Gasteiger partial charge in [-0.2, -0.15) is 0 Å². The van der Waals surface area contributed by atoms with Gasteiger partial charge in [-0.15, -0.1) is 0 Å². The van der Waals surface area contributed by atoms with Crippen LogP contribution in [0.2, 0.25) is 0 Å². The fourth-order valence-electron chi connectivity index (χ4n) is 1.69. The molecule has 58 valence electrons. The summed E-state index contributed by atoms with van der Waals surface area (Å²) in [6, 6.07) is 2.06. The van der Waals surface area contributed by atoms with Crippen LogP contribution in [0, 0.1) is 0 Å². The minimum Gasteiger partial charge on any atom is -0.367 e. The van der Waals surface area contributed by atoms with E-state index in [1.807, 2.05) is 12.4 Å². The molecule has 1 fully saturated rings. The second kappa shape index (κ2) is 2.53. The SMILES string of the molecule is O=C1CCC(c2cc[nH]c2)C1. The van der Waals surface area contributed by atoms with E-state index in [1.165, 1.54) is 5.56 Å². The second-order valence-electron chi connectivity index (χ2n) is 3.12.